The SMILES string of the molecule is CCC(O)Nc1cc(N)c(Cl)cn1. The fraction of sp³-hybridized carbons (Fsp3) is 0.375. The molecule has 4 nitrogen and oxygen atoms in total. The monoisotopic (exact) mass is 201 g/mol. The van der Waals surface area contributed by atoms with Gasteiger partial charge in [0.25, 0.3) is 0 Å². The van der Waals surface area contributed by atoms with Crippen LogP contribution in [0.3, 0.4) is 0 Å². The fourth-order valence-electron chi connectivity index (χ4n) is 0.806. The summed E-state index contributed by atoms with van der Waals surface area (Å²) in [6.07, 6.45) is 1.44. The van der Waals surface area contributed by atoms with Crippen molar-refractivity contribution in [2.75, 3.05) is 11.1 Å². The minimum absolute atomic E-state index is 0.413. The van der Waals surface area contributed by atoms with E-state index in [9.17, 15) is 5.11 Å². The standard InChI is InChI=1S/C8H12ClN3O/c1-2-8(13)12-7-3-6(10)5(9)4-11-7/h3-4,8,13H,2H2,1H3,(H3,10,11,12). The van der Waals surface area contributed by atoms with Gasteiger partial charge in [0.05, 0.1) is 10.7 Å². The van der Waals surface area contributed by atoms with Crippen molar-refractivity contribution in [1.29, 1.82) is 0 Å². The quantitative estimate of drug-likeness (QED) is 0.648. The van der Waals surface area contributed by atoms with Crippen LogP contribution in [0.2, 0.25) is 5.02 Å². The third-order valence-corrected chi connectivity index (χ3v) is 1.90. The Morgan fingerprint density at radius 3 is 3.00 bits per heavy atom. The van der Waals surface area contributed by atoms with Gasteiger partial charge >= 0.3 is 0 Å². The lowest BCUT2D eigenvalue weighted by atomic mass is 10.3. The summed E-state index contributed by atoms with van der Waals surface area (Å²) in [5.41, 5.74) is 5.99. The van der Waals surface area contributed by atoms with Crippen molar-refractivity contribution < 1.29 is 5.11 Å². The van der Waals surface area contributed by atoms with Crippen molar-refractivity contribution in [1.82, 2.24) is 4.98 Å². The molecule has 0 saturated carbocycles. The number of nitrogens with zero attached hydrogens (tertiary/aromatic N) is 1. The van der Waals surface area contributed by atoms with E-state index in [0.29, 0.717) is 22.9 Å². The van der Waals surface area contributed by atoms with Crippen LogP contribution in [0.15, 0.2) is 12.3 Å². The van der Waals surface area contributed by atoms with Gasteiger partial charge in [-0.2, -0.15) is 0 Å². The molecule has 1 aromatic heterocycles. The number of nitrogens with one attached hydrogen (secondary N) is 1. The Labute approximate surface area is 81.7 Å². The number of aliphatic hydroxyl groups excluding tert-OH is 1. The van der Waals surface area contributed by atoms with Crippen molar-refractivity contribution >= 4 is 23.1 Å². The number of halogens is 1. The fourth-order valence-corrected chi connectivity index (χ4v) is 0.909. The van der Waals surface area contributed by atoms with E-state index >= 15 is 0 Å². The van der Waals surface area contributed by atoms with Gasteiger partial charge in [-0.15, -0.1) is 0 Å². The third-order valence-electron chi connectivity index (χ3n) is 1.59. The molecule has 1 heterocycles. The van der Waals surface area contributed by atoms with E-state index in [1.54, 1.807) is 6.07 Å². The summed E-state index contributed by atoms with van der Waals surface area (Å²) in [7, 11) is 0. The van der Waals surface area contributed by atoms with Crippen LogP contribution in [0.25, 0.3) is 0 Å². The maximum absolute atomic E-state index is 9.25. The molecule has 0 amide bonds. The molecule has 1 aromatic rings. The molecule has 0 bridgehead atoms. The van der Waals surface area contributed by atoms with Crippen molar-refractivity contribution in [2.24, 2.45) is 0 Å². The van der Waals surface area contributed by atoms with Gasteiger partial charge in [-0.3, -0.25) is 0 Å². The first-order valence-corrected chi connectivity index (χ1v) is 4.37. The smallest absolute Gasteiger partial charge is 0.130 e. The zero-order chi connectivity index (χ0) is 9.84. The predicted molar refractivity (Wildman–Crippen MR) is 53.6 cm³/mol. The second-order valence-corrected chi connectivity index (χ2v) is 3.07. The maximum atomic E-state index is 9.25. The topological polar surface area (TPSA) is 71.2 Å². The zero-order valence-corrected chi connectivity index (χ0v) is 8.04. The molecule has 0 saturated heterocycles. The highest BCUT2D eigenvalue weighted by atomic mass is 35.5. The highest BCUT2D eigenvalue weighted by Crippen LogP contribution is 2.19. The maximum Gasteiger partial charge on any atom is 0.130 e. The van der Waals surface area contributed by atoms with E-state index in [-0.39, 0.29) is 0 Å². The second-order valence-electron chi connectivity index (χ2n) is 2.66. The van der Waals surface area contributed by atoms with E-state index in [2.05, 4.69) is 10.3 Å². The highest BCUT2D eigenvalue weighted by molar-refractivity contribution is 6.32. The Bertz CT molecular complexity index is 293. The Kier molecular flexibility index (Phi) is 3.33. The van der Waals surface area contributed by atoms with Crippen LogP contribution in [-0.4, -0.2) is 16.3 Å². The van der Waals surface area contributed by atoms with Gasteiger partial charge in [-0.1, -0.05) is 18.5 Å². The minimum atomic E-state index is -0.604. The predicted octanol–water partition coefficient (Wildman–Crippen LogP) is 1.46. The molecule has 1 atom stereocenters. The Morgan fingerprint density at radius 1 is 1.77 bits per heavy atom. The molecule has 1 unspecified atom stereocenters. The lowest BCUT2D eigenvalue weighted by Gasteiger charge is -2.11. The molecule has 0 spiro atoms. The van der Waals surface area contributed by atoms with Crippen LogP contribution in [0.4, 0.5) is 11.5 Å². The number of pyridine rings is 1. The number of hydrogen-bond donors (Lipinski definition) is 3. The molecule has 72 valence electrons. The molecular formula is C8H12ClN3O. The number of anilines is 2. The summed E-state index contributed by atoms with van der Waals surface area (Å²) in [6, 6.07) is 1.58. The van der Waals surface area contributed by atoms with Gasteiger partial charge in [0.2, 0.25) is 0 Å². The molecule has 4 N–H and O–H groups in total. The van der Waals surface area contributed by atoms with Crippen molar-refractivity contribution in [3.63, 3.8) is 0 Å². The average molecular weight is 202 g/mol. The van der Waals surface area contributed by atoms with Crippen LogP contribution in [0.1, 0.15) is 13.3 Å². The molecule has 0 fully saturated rings. The number of rotatable bonds is 3. The summed E-state index contributed by atoms with van der Waals surface area (Å²) in [5.74, 6) is 0.524. The van der Waals surface area contributed by atoms with Gasteiger partial charge < -0.3 is 16.2 Å². The molecule has 5 heteroatoms. The second kappa shape index (κ2) is 4.30. The van der Waals surface area contributed by atoms with Crippen molar-refractivity contribution in [2.45, 2.75) is 19.6 Å². The van der Waals surface area contributed by atoms with Crippen molar-refractivity contribution in [3.8, 4) is 0 Å². The summed E-state index contributed by atoms with van der Waals surface area (Å²) in [6.45, 7) is 1.86. The van der Waals surface area contributed by atoms with Crippen LogP contribution in [0.5, 0.6) is 0 Å². The van der Waals surface area contributed by atoms with Crippen LogP contribution in [-0.2, 0) is 0 Å². The Hall–Kier alpha value is -1.00. The van der Waals surface area contributed by atoms with Crippen LogP contribution < -0.4 is 11.1 Å². The number of hydrogen-bond acceptors (Lipinski definition) is 4. The molecule has 0 aromatic carbocycles. The number of nitrogens with two attached hydrogens (primary N) is 1. The Balaban J connectivity index is 2.73. The zero-order valence-electron chi connectivity index (χ0n) is 7.29. The first-order valence-electron chi connectivity index (χ1n) is 3.99. The van der Waals surface area contributed by atoms with Gasteiger partial charge in [0.1, 0.15) is 12.0 Å². The summed E-state index contributed by atoms with van der Waals surface area (Å²) < 4.78 is 0. The first-order chi connectivity index (χ1) is 6.13. The molecular weight excluding hydrogens is 190 g/mol. The van der Waals surface area contributed by atoms with Crippen LogP contribution in [0, 0.1) is 0 Å². The van der Waals surface area contributed by atoms with Crippen LogP contribution >= 0.6 is 11.6 Å². The van der Waals surface area contributed by atoms with Gasteiger partial charge in [-0.25, -0.2) is 4.98 Å². The normalized spacial score (nSPS) is 12.5. The lowest BCUT2D eigenvalue weighted by Crippen LogP contribution is -2.17. The van der Waals surface area contributed by atoms with Gasteiger partial charge in [0.15, 0.2) is 0 Å². The molecule has 13 heavy (non-hydrogen) atoms. The van der Waals surface area contributed by atoms with Gasteiger partial charge in [-0.05, 0) is 6.42 Å². The minimum Gasteiger partial charge on any atom is -0.397 e. The summed E-state index contributed by atoms with van der Waals surface area (Å²) >= 11 is 5.67. The number of aliphatic hydroxyl groups is 1. The van der Waals surface area contributed by atoms with E-state index in [1.807, 2.05) is 6.92 Å². The number of nitrogen functional groups attached to an aromatic ring is 1. The van der Waals surface area contributed by atoms with Crippen molar-refractivity contribution in [3.05, 3.63) is 17.3 Å². The lowest BCUT2D eigenvalue weighted by molar-refractivity contribution is 0.199. The van der Waals surface area contributed by atoms with E-state index < -0.39 is 6.23 Å². The van der Waals surface area contributed by atoms with E-state index in [0.717, 1.165) is 0 Å². The molecule has 0 radical (unpaired) electrons. The third kappa shape index (κ3) is 2.75. The summed E-state index contributed by atoms with van der Waals surface area (Å²) in [5, 5.41) is 12.4. The average Bonchev–Trinajstić information content (AvgIpc) is 2.11. The summed E-state index contributed by atoms with van der Waals surface area (Å²) in [4.78, 5) is 3.94. The van der Waals surface area contributed by atoms with E-state index in [1.165, 1.54) is 6.20 Å². The number of aromatic nitrogens is 1. The van der Waals surface area contributed by atoms with E-state index in [4.69, 9.17) is 17.3 Å². The molecule has 1 rings (SSSR count). The molecule has 0 aliphatic carbocycles. The Morgan fingerprint density at radius 2 is 2.46 bits per heavy atom. The molecule has 0 aliphatic heterocycles. The largest absolute Gasteiger partial charge is 0.397 e. The van der Waals surface area contributed by atoms with Gasteiger partial charge in [0, 0.05) is 12.3 Å². The highest BCUT2D eigenvalue weighted by Gasteiger charge is 2.03. The molecule has 0 aliphatic rings. The first kappa shape index (κ1) is 10.1.